The Balaban J connectivity index is 2.71. The zero-order valence-electron chi connectivity index (χ0n) is 17.9. The van der Waals surface area contributed by atoms with Gasteiger partial charge in [-0.2, -0.15) is 4.91 Å². The number of hydrogen-bond donors (Lipinski definition) is 0. The van der Waals surface area contributed by atoms with Gasteiger partial charge in [-0.25, -0.2) is 0 Å². The van der Waals surface area contributed by atoms with Gasteiger partial charge in [0.1, 0.15) is 5.54 Å². The summed E-state index contributed by atoms with van der Waals surface area (Å²) in [4.78, 5) is 11.7. The maximum absolute atomic E-state index is 11.7. The van der Waals surface area contributed by atoms with E-state index in [0.29, 0.717) is 5.92 Å². The van der Waals surface area contributed by atoms with Crippen molar-refractivity contribution in [3.63, 3.8) is 0 Å². The Bertz CT molecular complexity index is 354. The Morgan fingerprint density at radius 3 is 1.96 bits per heavy atom. The second kappa shape index (κ2) is 12.1. The van der Waals surface area contributed by atoms with Gasteiger partial charge >= 0.3 is 0 Å². The molecule has 0 aliphatic heterocycles. The second-order valence-corrected chi connectivity index (χ2v) is 9.26. The zero-order valence-corrected chi connectivity index (χ0v) is 17.9. The molecule has 0 aromatic heterocycles. The van der Waals surface area contributed by atoms with Gasteiger partial charge in [0, 0.05) is 0 Å². The lowest BCUT2D eigenvalue weighted by molar-refractivity contribution is 0.211. The Morgan fingerprint density at radius 2 is 1.40 bits per heavy atom. The fraction of sp³-hybridized carbons (Fsp3) is 1.00. The van der Waals surface area contributed by atoms with Crippen molar-refractivity contribution in [3.05, 3.63) is 4.91 Å². The summed E-state index contributed by atoms with van der Waals surface area (Å²) in [6.45, 7) is 11.7. The molecule has 3 unspecified atom stereocenters. The third-order valence-corrected chi connectivity index (χ3v) is 7.38. The Hall–Kier alpha value is -0.400. The van der Waals surface area contributed by atoms with Crippen LogP contribution < -0.4 is 0 Å². The molecule has 0 heterocycles. The number of nitroso groups, excluding NO2 is 1. The molecule has 0 saturated heterocycles. The fourth-order valence-corrected chi connectivity index (χ4v) is 4.91. The Morgan fingerprint density at radius 1 is 0.880 bits per heavy atom. The van der Waals surface area contributed by atoms with Gasteiger partial charge in [0.05, 0.1) is 0 Å². The van der Waals surface area contributed by atoms with Crippen LogP contribution in [0.15, 0.2) is 5.18 Å². The molecular weight excluding hydrogens is 306 g/mol. The highest BCUT2D eigenvalue weighted by molar-refractivity contribution is 4.90. The first-order valence-electron chi connectivity index (χ1n) is 11.3. The topological polar surface area (TPSA) is 29.4 Å². The van der Waals surface area contributed by atoms with Crippen LogP contribution in [0.25, 0.3) is 0 Å². The van der Waals surface area contributed by atoms with Crippen molar-refractivity contribution in [3.8, 4) is 0 Å². The molecule has 1 aliphatic carbocycles. The van der Waals surface area contributed by atoms with Crippen molar-refractivity contribution in [2.75, 3.05) is 0 Å². The molecule has 0 radical (unpaired) electrons. The maximum Gasteiger partial charge on any atom is 0.105 e. The van der Waals surface area contributed by atoms with Crippen molar-refractivity contribution < 1.29 is 0 Å². The summed E-state index contributed by atoms with van der Waals surface area (Å²) in [6, 6.07) is 0. The molecule has 0 bridgehead atoms. The number of nitrogens with zero attached hydrogens (tertiary/aromatic N) is 1. The van der Waals surface area contributed by atoms with Crippen LogP contribution in [0.3, 0.4) is 0 Å². The van der Waals surface area contributed by atoms with E-state index in [1.165, 1.54) is 70.6 Å². The standard InChI is InChI=1S/C23H45NO/c1-6-22-16-12-14-18-23(24-25,19(2)3)17-13-10-8-7-9-11-15-20(4)21(22)5/h19-22H,6-18H2,1-5H3/t20?,21-,22?,23?/m1/s1. The van der Waals surface area contributed by atoms with Gasteiger partial charge in [-0.15, -0.1) is 0 Å². The molecule has 1 saturated carbocycles. The molecule has 1 fully saturated rings. The first kappa shape index (κ1) is 22.6. The normalized spacial score (nSPS) is 34.7. The molecule has 25 heavy (non-hydrogen) atoms. The molecule has 4 atom stereocenters. The summed E-state index contributed by atoms with van der Waals surface area (Å²) in [5, 5.41) is 3.70. The van der Waals surface area contributed by atoms with Crippen LogP contribution in [0.5, 0.6) is 0 Å². The van der Waals surface area contributed by atoms with Crippen LogP contribution >= 0.6 is 0 Å². The SMILES string of the molecule is CCC1CCCCC(N=O)(C(C)C)CCCCCCCCC(C)[C@H]1C. The lowest BCUT2D eigenvalue weighted by Crippen LogP contribution is -2.32. The maximum atomic E-state index is 11.7. The van der Waals surface area contributed by atoms with Gasteiger partial charge in [0.15, 0.2) is 0 Å². The summed E-state index contributed by atoms with van der Waals surface area (Å²) in [5.41, 5.74) is -0.308. The summed E-state index contributed by atoms with van der Waals surface area (Å²) in [7, 11) is 0. The van der Waals surface area contributed by atoms with E-state index in [4.69, 9.17) is 0 Å². The van der Waals surface area contributed by atoms with Gasteiger partial charge in [0.2, 0.25) is 0 Å². The summed E-state index contributed by atoms with van der Waals surface area (Å²) in [5.74, 6) is 2.89. The van der Waals surface area contributed by atoms with Crippen molar-refractivity contribution >= 4 is 0 Å². The highest BCUT2D eigenvalue weighted by Crippen LogP contribution is 2.36. The van der Waals surface area contributed by atoms with Crippen LogP contribution in [0.1, 0.15) is 118 Å². The molecule has 1 rings (SSSR count). The molecule has 2 heteroatoms. The average Bonchev–Trinajstić information content (AvgIpc) is 2.60. The van der Waals surface area contributed by atoms with E-state index in [2.05, 4.69) is 39.8 Å². The average molecular weight is 352 g/mol. The quantitative estimate of drug-likeness (QED) is 0.472. The minimum atomic E-state index is -0.308. The highest BCUT2D eigenvalue weighted by Gasteiger charge is 2.34. The van der Waals surface area contributed by atoms with Crippen LogP contribution in [0.4, 0.5) is 0 Å². The first-order valence-corrected chi connectivity index (χ1v) is 11.3. The van der Waals surface area contributed by atoms with Crippen LogP contribution in [-0.2, 0) is 0 Å². The Labute approximate surface area is 157 Å². The van der Waals surface area contributed by atoms with E-state index in [-0.39, 0.29) is 5.54 Å². The molecule has 1 aliphatic rings. The summed E-state index contributed by atoms with van der Waals surface area (Å²) < 4.78 is 0. The van der Waals surface area contributed by atoms with Crippen molar-refractivity contribution in [2.24, 2.45) is 28.8 Å². The lowest BCUT2D eigenvalue weighted by atomic mass is 9.75. The Kier molecular flexibility index (Phi) is 10.9. The van der Waals surface area contributed by atoms with E-state index in [9.17, 15) is 4.91 Å². The van der Waals surface area contributed by atoms with E-state index < -0.39 is 0 Å². The fourth-order valence-electron chi connectivity index (χ4n) is 4.91. The first-order chi connectivity index (χ1) is 12.0. The third-order valence-electron chi connectivity index (χ3n) is 7.38. The molecule has 0 aromatic carbocycles. The monoisotopic (exact) mass is 351 g/mol. The predicted molar refractivity (Wildman–Crippen MR) is 111 cm³/mol. The molecule has 2 nitrogen and oxygen atoms in total. The molecule has 148 valence electrons. The van der Waals surface area contributed by atoms with E-state index in [1.54, 1.807) is 0 Å². The van der Waals surface area contributed by atoms with E-state index in [1.807, 2.05) is 0 Å². The molecule has 0 spiro atoms. The number of rotatable bonds is 3. The van der Waals surface area contributed by atoms with Gasteiger partial charge in [0.25, 0.3) is 0 Å². The van der Waals surface area contributed by atoms with Gasteiger partial charge in [-0.3, -0.25) is 0 Å². The summed E-state index contributed by atoms with van der Waals surface area (Å²) >= 11 is 0. The van der Waals surface area contributed by atoms with Gasteiger partial charge < -0.3 is 0 Å². The van der Waals surface area contributed by atoms with Crippen molar-refractivity contribution in [1.82, 2.24) is 0 Å². The van der Waals surface area contributed by atoms with Gasteiger partial charge in [-0.05, 0) is 36.5 Å². The van der Waals surface area contributed by atoms with Crippen LogP contribution in [0.2, 0.25) is 0 Å². The smallest absolute Gasteiger partial charge is 0.105 e. The minimum Gasteiger partial charge on any atom is -0.150 e. The third kappa shape index (κ3) is 7.39. The molecule has 0 N–H and O–H groups in total. The molecule has 0 aromatic rings. The van der Waals surface area contributed by atoms with Gasteiger partial charge in [-0.1, -0.05) is 110 Å². The molecular formula is C23H45NO. The minimum absolute atomic E-state index is 0.308. The van der Waals surface area contributed by atoms with E-state index >= 15 is 0 Å². The van der Waals surface area contributed by atoms with Crippen LogP contribution in [-0.4, -0.2) is 5.54 Å². The zero-order chi connectivity index (χ0) is 18.7. The van der Waals surface area contributed by atoms with Crippen LogP contribution in [0, 0.1) is 28.6 Å². The summed E-state index contributed by atoms with van der Waals surface area (Å²) in [6.07, 6.45) is 16.4. The predicted octanol–water partition coefficient (Wildman–Crippen LogP) is 8.14. The van der Waals surface area contributed by atoms with Crippen molar-refractivity contribution in [2.45, 2.75) is 124 Å². The molecule has 0 amide bonds. The highest BCUT2D eigenvalue weighted by atomic mass is 16.3. The second-order valence-electron chi connectivity index (χ2n) is 9.26. The van der Waals surface area contributed by atoms with E-state index in [0.717, 1.165) is 30.6 Å². The number of hydrogen-bond acceptors (Lipinski definition) is 2. The largest absolute Gasteiger partial charge is 0.150 e. The lowest BCUT2D eigenvalue weighted by Gasteiger charge is -2.32. The van der Waals surface area contributed by atoms with Crippen molar-refractivity contribution in [1.29, 1.82) is 0 Å².